The van der Waals surface area contributed by atoms with E-state index in [1.807, 2.05) is 54.6 Å². The fraction of sp³-hybridized carbons (Fsp3) is 0.185. The largest absolute Gasteiger partial charge is 0.321 e. The van der Waals surface area contributed by atoms with E-state index in [1.54, 1.807) is 12.1 Å². The third-order valence-corrected chi connectivity index (χ3v) is 7.81. The van der Waals surface area contributed by atoms with Gasteiger partial charge in [0, 0.05) is 26.0 Å². The molecule has 4 aromatic rings. The molecule has 0 aliphatic heterocycles. The fourth-order valence-corrected chi connectivity index (χ4v) is 6.04. The van der Waals surface area contributed by atoms with Gasteiger partial charge in [-0.2, -0.15) is 0 Å². The normalized spacial score (nSPS) is 15.2. The van der Waals surface area contributed by atoms with E-state index in [1.165, 1.54) is 16.2 Å². The minimum Gasteiger partial charge on any atom is -0.321 e. The lowest BCUT2D eigenvalue weighted by atomic mass is 9.88. The zero-order chi connectivity index (χ0) is 22.9. The van der Waals surface area contributed by atoms with Crippen LogP contribution in [0.2, 0.25) is 0 Å². The predicted molar refractivity (Wildman–Crippen MR) is 140 cm³/mol. The molecule has 1 heterocycles. The van der Waals surface area contributed by atoms with Gasteiger partial charge in [-0.15, -0.1) is 11.3 Å². The van der Waals surface area contributed by atoms with Gasteiger partial charge < -0.3 is 10.6 Å². The molecule has 0 saturated heterocycles. The molecular formula is C27H23BrN2O2S. The Kier molecular flexibility index (Phi) is 6.04. The van der Waals surface area contributed by atoms with E-state index in [4.69, 9.17) is 0 Å². The fourth-order valence-electron chi connectivity index (χ4n) is 4.37. The minimum absolute atomic E-state index is 0.176. The van der Waals surface area contributed by atoms with Crippen molar-refractivity contribution in [3.05, 3.63) is 92.8 Å². The average Bonchev–Trinajstić information content (AvgIpc) is 3.16. The van der Waals surface area contributed by atoms with Gasteiger partial charge in [0.25, 0.3) is 11.8 Å². The summed E-state index contributed by atoms with van der Waals surface area (Å²) in [5, 5.41) is 8.83. The number of benzene rings is 3. The Balaban J connectivity index is 1.50. The molecule has 0 saturated carbocycles. The van der Waals surface area contributed by atoms with Gasteiger partial charge in [-0.1, -0.05) is 59.3 Å². The summed E-state index contributed by atoms with van der Waals surface area (Å²) in [5.41, 5.74) is 2.99. The molecule has 166 valence electrons. The number of hydrogen-bond donors (Lipinski definition) is 2. The van der Waals surface area contributed by atoms with Gasteiger partial charge in [-0.3, -0.25) is 9.59 Å². The lowest BCUT2D eigenvalue weighted by Crippen LogP contribution is -2.19. The second-order valence-corrected chi connectivity index (χ2v) is 10.5. The van der Waals surface area contributed by atoms with Crippen molar-refractivity contribution in [2.75, 3.05) is 10.6 Å². The summed E-state index contributed by atoms with van der Waals surface area (Å²) >= 11 is 4.93. The van der Waals surface area contributed by atoms with Crippen molar-refractivity contribution in [3.8, 4) is 0 Å². The number of hydrogen-bond acceptors (Lipinski definition) is 3. The second-order valence-electron chi connectivity index (χ2n) is 8.50. The second kappa shape index (κ2) is 9.12. The van der Waals surface area contributed by atoms with Crippen molar-refractivity contribution in [2.45, 2.75) is 26.2 Å². The topological polar surface area (TPSA) is 58.2 Å². The van der Waals surface area contributed by atoms with E-state index in [2.05, 4.69) is 33.5 Å². The first-order chi connectivity index (χ1) is 16.0. The van der Waals surface area contributed by atoms with Crippen LogP contribution in [0, 0.1) is 5.92 Å². The smallest absolute Gasteiger partial charge is 0.258 e. The first-order valence-corrected chi connectivity index (χ1v) is 12.6. The van der Waals surface area contributed by atoms with Gasteiger partial charge in [0.1, 0.15) is 5.00 Å². The number of halogens is 1. The molecule has 1 aliphatic rings. The molecule has 0 radical (unpaired) electrons. The highest BCUT2D eigenvalue weighted by Gasteiger charge is 2.28. The zero-order valence-electron chi connectivity index (χ0n) is 18.2. The van der Waals surface area contributed by atoms with Gasteiger partial charge >= 0.3 is 0 Å². The van der Waals surface area contributed by atoms with Crippen LogP contribution in [0.1, 0.15) is 44.5 Å². The van der Waals surface area contributed by atoms with Crippen LogP contribution in [0.15, 0.2) is 71.2 Å². The molecule has 0 bridgehead atoms. The molecule has 3 aromatic carbocycles. The van der Waals surface area contributed by atoms with Crippen molar-refractivity contribution in [3.63, 3.8) is 0 Å². The summed E-state index contributed by atoms with van der Waals surface area (Å²) in [6.07, 6.45) is 2.82. The van der Waals surface area contributed by atoms with Crippen molar-refractivity contribution >= 4 is 60.5 Å². The first-order valence-electron chi connectivity index (χ1n) is 11.0. The van der Waals surface area contributed by atoms with Crippen molar-refractivity contribution in [1.29, 1.82) is 0 Å². The number of thiophene rings is 1. The zero-order valence-corrected chi connectivity index (χ0v) is 20.6. The predicted octanol–water partition coefficient (Wildman–Crippen LogP) is 7.29. The molecule has 1 aromatic heterocycles. The third kappa shape index (κ3) is 4.45. The Morgan fingerprint density at radius 3 is 2.52 bits per heavy atom. The van der Waals surface area contributed by atoms with E-state index in [0.29, 0.717) is 22.0 Å². The lowest BCUT2D eigenvalue weighted by Gasteiger charge is -2.19. The van der Waals surface area contributed by atoms with E-state index in [0.717, 1.165) is 45.8 Å². The quantitative estimate of drug-likeness (QED) is 0.297. The van der Waals surface area contributed by atoms with Gasteiger partial charge in [-0.25, -0.2) is 0 Å². The van der Waals surface area contributed by atoms with E-state index >= 15 is 0 Å². The summed E-state index contributed by atoms with van der Waals surface area (Å²) in [4.78, 5) is 27.8. The van der Waals surface area contributed by atoms with E-state index in [9.17, 15) is 9.59 Å². The molecule has 1 atom stereocenters. The maximum absolute atomic E-state index is 13.6. The summed E-state index contributed by atoms with van der Waals surface area (Å²) in [6, 6.07) is 21.1. The van der Waals surface area contributed by atoms with Crippen LogP contribution in [0.25, 0.3) is 10.8 Å². The molecule has 0 unspecified atom stereocenters. The van der Waals surface area contributed by atoms with Crippen LogP contribution in [-0.2, 0) is 12.8 Å². The number of nitrogens with one attached hydrogen (secondary N) is 2. The monoisotopic (exact) mass is 518 g/mol. The molecular weight excluding hydrogens is 496 g/mol. The van der Waals surface area contributed by atoms with Gasteiger partial charge in [0.2, 0.25) is 0 Å². The molecule has 33 heavy (non-hydrogen) atoms. The van der Waals surface area contributed by atoms with Crippen LogP contribution in [0.3, 0.4) is 0 Å². The number of carbonyl (C=O) groups excluding carboxylic acids is 2. The number of carbonyl (C=O) groups is 2. The van der Waals surface area contributed by atoms with E-state index in [-0.39, 0.29) is 11.8 Å². The minimum atomic E-state index is -0.214. The van der Waals surface area contributed by atoms with Crippen LogP contribution >= 0.6 is 27.3 Å². The highest BCUT2D eigenvalue weighted by atomic mass is 79.9. The average molecular weight is 519 g/mol. The summed E-state index contributed by atoms with van der Waals surface area (Å²) in [7, 11) is 0. The standard InChI is InChI=1S/C27H23BrN2O2S/c1-16-9-14-21-23(15-16)33-27(30-25(31)18-10-12-19(28)13-11-18)24(21)26(32)29-22-8-4-6-17-5-2-3-7-20(17)22/h2-8,10-13,16H,9,14-15H2,1H3,(H,29,32)(H,30,31)/t16-/m1/s1. The van der Waals surface area contributed by atoms with Crippen molar-refractivity contribution in [1.82, 2.24) is 0 Å². The number of amides is 2. The number of anilines is 2. The highest BCUT2D eigenvalue weighted by Crippen LogP contribution is 2.40. The van der Waals surface area contributed by atoms with Crippen LogP contribution in [0.4, 0.5) is 10.7 Å². The Bertz CT molecular complexity index is 1360. The van der Waals surface area contributed by atoms with Crippen LogP contribution in [0.5, 0.6) is 0 Å². The number of rotatable bonds is 4. The summed E-state index contributed by atoms with van der Waals surface area (Å²) < 4.78 is 0.912. The molecule has 6 heteroatoms. The van der Waals surface area contributed by atoms with Crippen molar-refractivity contribution < 1.29 is 9.59 Å². The first kappa shape index (κ1) is 21.9. The third-order valence-electron chi connectivity index (χ3n) is 6.11. The molecule has 4 nitrogen and oxygen atoms in total. The maximum Gasteiger partial charge on any atom is 0.258 e. The summed E-state index contributed by atoms with van der Waals surface area (Å²) in [5.74, 6) is 0.179. The highest BCUT2D eigenvalue weighted by molar-refractivity contribution is 9.10. The maximum atomic E-state index is 13.6. The van der Waals surface area contributed by atoms with Crippen molar-refractivity contribution in [2.24, 2.45) is 5.92 Å². The van der Waals surface area contributed by atoms with Crippen LogP contribution < -0.4 is 10.6 Å². The SMILES string of the molecule is C[C@@H]1CCc2c(sc(NC(=O)c3ccc(Br)cc3)c2C(=O)Nc2cccc3ccccc23)C1. The number of fused-ring (bicyclic) bond motifs is 2. The molecule has 0 fully saturated rings. The van der Waals surface area contributed by atoms with Gasteiger partial charge in [-0.05, 0) is 66.5 Å². The molecule has 0 spiro atoms. The van der Waals surface area contributed by atoms with Gasteiger partial charge in [0.05, 0.1) is 5.56 Å². The molecule has 1 aliphatic carbocycles. The Morgan fingerprint density at radius 1 is 0.939 bits per heavy atom. The lowest BCUT2D eigenvalue weighted by molar-refractivity contribution is 0.102. The van der Waals surface area contributed by atoms with Crippen LogP contribution in [-0.4, -0.2) is 11.8 Å². The van der Waals surface area contributed by atoms with E-state index < -0.39 is 0 Å². The Morgan fingerprint density at radius 2 is 1.70 bits per heavy atom. The molecule has 2 N–H and O–H groups in total. The van der Waals surface area contributed by atoms with Gasteiger partial charge in [0.15, 0.2) is 0 Å². The molecule has 5 rings (SSSR count). The Hall–Kier alpha value is -2.96. The molecule has 2 amide bonds. The summed E-state index contributed by atoms with van der Waals surface area (Å²) in [6.45, 7) is 2.23. The Labute approximate surface area is 205 Å².